The molecule has 0 radical (unpaired) electrons. The first-order valence-corrected chi connectivity index (χ1v) is 10.0. The number of benzene rings is 1. The summed E-state index contributed by atoms with van der Waals surface area (Å²) in [7, 11) is 0.489. The van der Waals surface area contributed by atoms with Crippen molar-refractivity contribution < 1.29 is 13.3 Å². The van der Waals surface area contributed by atoms with Crippen LogP contribution in [0.3, 0.4) is 0 Å². The molecule has 0 bridgehead atoms. The molecule has 1 aromatic rings. The van der Waals surface area contributed by atoms with Gasteiger partial charge in [-0.25, -0.2) is 8.42 Å². The quantitative estimate of drug-likeness (QED) is 0.628. The molecule has 0 aliphatic carbocycles. The Hall–Kier alpha value is -1.73. The molecule has 0 atom stereocenters. The highest BCUT2D eigenvalue weighted by molar-refractivity contribution is 7.89. The van der Waals surface area contributed by atoms with Gasteiger partial charge in [-0.2, -0.15) is 9.57 Å². The molecule has 7 nitrogen and oxygen atoms in total. The van der Waals surface area contributed by atoms with Crippen LogP contribution in [0, 0.1) is 11.3 Å². The number of nitriles is 1. The van der Waals surface area contributed by atoms with E-state index in [1.54, 1.807) is 12.1 Å². The van der Waals surface area contributed by atoms with Gasteiger partial charge in [0.05, 0.1) is 37.6 Å². The van der Waals surface area contributed by atoms with Gasteiger partial charge in [0.15, 0.2) is 5.11 Å². The number of nitrogens with one attached hydrogen (secondary N) is 2. The van der Waals surface area contributed by atoms with Crippen LogP contribution in [-0.4, -0.2) is 76.1 Å². The van der Waals surface area contributed by atoms with Gasteiger partial charge in [0, 0.05) is 26.2 Å². The predicted molar refractivity (Wildman–Crippen MR) is 99.8 cm³/mol. The van der Waals surface area contributed by atoms with Crippen LogP contribution in [-0.2, 0) is 10.0 Å². The Labute approximate surface area is 154 Å². The van der Waals surface area contributed by atoms with Gasteiger partial charge in [-0.05, 0) is 24.4 Å². The van der Waals surface area contributed by atoms with Crippen LogP contribution in [0.15, 0.2) is 29.2 Å². The third kappa shape index (κ3) is 4.89. The lowest BCUT2D eigenvalue weighted by Crippen LogP contribution is -3.06. The van der Waals surface area contributed by atoms with E-state index in [0.29, 0.717) is 31.3 Å². The van der Waals surface area contributed by atoms with Crippen molar-refractivity contribution in [1.82, 2.24) is 14.5 Å². The van der Waals surface area contributed by atoms with E-state index in [2.05, 4.69) is 19.4 Å². The van der Waals surface area contributed by atoms with Crippen molar-refractivity contribution in [2.24, 2.45) is 0 Å². The lowest BCUT2D eigenvalue weighted by Gasteiger charge is -2.35. The molecule has 0 unspecified atom stereocenters. The van der Waals surface area contributed by atoms with Crippen LogP contribution >= 0.6 is 12.2 Å². The Morgan fingerprint density at radius 2 is 1.92 bits per heavy atom. The van der Waals surface area contributed by atoms with Gasteiger partial charge in [0.1, 0.15) is 6.07 Å². The van der Waals surface area contributed by atoms with Crippen molar-refractivity contribution in [1.29, 1.82) is 5.26 Å². The van der Waals surface area contributed by atoms with E-state index >= 15 is 0 Å². The van der Waals surface area contributed by atoms with Crippen molar-refractivity contribution in [3.8, 4) is 6.07 Å². The van der Waals surface area contributed by atoms with Crippen molar-refractivity contribution in [2.75, 3.05) is 53.4 Å². The second-order valence-electron chi connectivity index (χ2n) is 6.19. The molecule has 136 valence electrons. The zero-order chi connectivity index (χ0) is 18.4. The average molecular weight is 383 g/mol. The molecule has 1 aliphatic rings. The van der Waals surface area contributed by atoms with Crippen LogP contribution in [0.5, 0.6) is 0 Å². The number of nitrogens with zero attached hydrogens (tertiary/aromatic N) is 3. The highest BCUT2D eigenvalue weighted by atomic mass is 32.2. The molecule has 2 rings (SSSR count). The average Bonchev–Trinajstić information content (AvgIpc) is 2.61. The molecular weight excluding hydrogens is 358 g/mol. The van der Waals surface area contributed by atoms with Gasteiger partial charge in [0.25, 0.3) is 0 Å². The van der Waals surface area contributed by atoms with Gasteiger partial charge in [0.2, 0.25) is 10.0 Å². The fourth-order valence-corrected chi connectivity index (χ4v) is 4.43. The molecule has 2 N–H and O–H groups in total. The Morgan fingerprint density at radius 1 is 1.28 bits per heavy atom. The summed E-state index contributed by atoms with van der Waals surface area (Å²) in [5.74, 6) is 0. The summed E-state index contributed by atoms with van der Waals surface area (Å²) in [5, 5.41) is 13.0. The topological polar surface area (TPSA) is 80.9 Å². The smallest absolute Gasteiger partial charge is 0.244 e. The third-order valence-corrected chi connectivity index (χ3v) is 6.41. The maximum absolute atomic E-state index is 12.8. The summed E-state index contributed by atoms with van der Waals surface area (Å²) >= 11 is 5.39. The lowest BCUT2D eigenvalue weighted by molar-refractivity contribution is -0.856. The van der Waals surface area contributed by atoms with Crippen LogP contribution in [0.4, 0.5) is 0 Å². The van der Waals surface area contributed by atoms with E-state index in [4.69, 9.17) is 17.5 Å². The standard InChI is InChI=1S/C16H23N5O2S2/c1-19(2)8-7-18-16(24)20-9-11-21(12-10-20)25(22,23)15-6-4-3-5-14(15)13-17/h3-6H,7-12H2,1-2H3,(H,18,24)/p+1. The molecule has 9 heteroatoms. The Kier molecular flexibility index (Phi) is 6.72. The molecule has 1 saturated heterocycles. The summed E-state index contributed by atoms with van der Waals surface area (Å²) < 4.78 is 27.0. The molecule has 1 fully saturated rings. The van der Waals surface area contributed by atoms with Gasteiger partial charge >= 0.3 is 0 Å². The molecule has 1 heterocycles. The minimum atomic E-state index is -3.66. The van der Waals surface area contributed by atoms with E-state index in [1.807, 2.05) is 11.0 Å². The first-order valence-electron chi connectivity index (χ1n) is 8.17. The Bertz CT molecular complexity index is 750. The van der Waals surface area contributed by atoms with E-state index in [9.17, 15) is 8.42 Å². The second kappa shape index (κ2) is 8.58. The van der Waals surface area contributed by atoms with Crippen LogP contribution in [0.1, 0.15) is 5.56 Å². The molecule has 0 spiro atoms. The maximum Gasteiger partial charge on any atom is 0.244 e. The van der Waals surface area contributed by atoms with E-state index in [-0.39, 0.29) is 10.5 Å². The largest absolute Gasteiger partial charge is 0.357 e. The minimum absolute atomic E-state index is 0.0700. The third-order valence-electron chi connectivity index (χ3n) is 4.05. The van der Waals surface area contributed by atoms with Gasteiger partial charge < -0.3 is 15.1 Å². The molecule has 0 aromatic heterocycles. The van der Waals surface area contributed by atoms with Gasteiger partial charge in [-0.1, -0.05) is 12.1 Å². The molecule has 25 heavy (non-hydrogen) atoms. The molecule has 1 aliphatic heterocycles. The van der Waals surface area contributed by atoms with Crippen molar-refractivity contribution >= 4 is 27.4 Å². The van der Waals surface area contributed by atoms with Gasteiger partial charge in [-0.15, -0.1) is 0 Å². The van der Waals surface area contributed by atoms with Crippen LogP contribution < -0.4 is 10.2 Å². The predicted octanol–water partition coefficient (Wildman–Crippen LogP) is -1.12. The summed E-state index contributed by atoms with van der Waals surface area (Å²) in [5.41, 5.74) is 0.174. The lowest BCUT2D eigenvalue weighted by atomic mass is 10.2. The van der Waals surface area contributed by atoms with Crippen molar-refractivity contribution in [3.05, 3.63) is 29.8 Å². The van der Waals surface area contributed by atoms with Crippen molar-refractivity contribution in [2.45, 2.75) is 4.90 Å². The summed E-state index contributed by atoms with van der Waals surface area (Å²) in [6, 6.07) is 8.25. The summed E-state index contributed by atoms with van der Waals surface area (Å²) in [6.45, 7) is 3.52. The van der Waals surface area contributed by atoms with E-state index < -0.39 is 10.0 Å². The number of likely N-dealkylation sites (N-methyl/N-ethyl adjacent to an activating group) is 1. The normalized spacial score (nSPS) is 15.8. The van der Waals surface area contributed by atoms with Crippen LogP contribution in [0.2, 0.25) is 0 Å². The van der Waals surface area contributed by atoms with Crippen LogP contribution in [0.25, 0.3) is 0 Å². The Balaban J connectivity index is 1.97. The number of piperazine rings is 1. The fourth-order valence-electron chi connectivity index (χ4n) is 2.59. The zero-order valence-electron chi connectivity index (χ0n) is 14.5. The molecule has 0 saturated carbocycles. The molecule has 0 amide bonds. The first-order chi connectivity index (χ1) is 11.9. The zero-order valence-corrected chi connectivity index (χ0v) is 16.2. The second-order valence-corrected chi connectivity index (χ2v) is 8.48. The monoisotopic (exact) mass is 382 g/mol. The van der Waals surface area contributed by atoms with Crippen molar-refractivity contribution in [3.63, 3.8) is 0 Å². The highest BCUT2D eigenvalue weighted by Gasteiger charge is 2.30. The summed E-state index contributed by atoms with van der Waals surface area (Å²) in [4.78, 5) is 3.39. The number of rotatable bonds is 5. The number of hydrogen-bond acceptors (Lipinski definition) is 4. The van der Waals surface area contributed by atoms with E-state index in [1.165, 1.54) is 21.3 Å². The number of quaternary nitrogens is 1. The fraction of sp³-hybridized carbons (Fsp3) is 0.500. The van der Waals surface area contributed by atoms with Gasteiger partial charge in [-0.3, -0.25) is 0 Å². The maximum atomic E-state index is 12.8. The Morgan fingerprint density at radius 3 is 2.52 bits per heavy atom. The first kappa shape index (κ1) is 19.6. The molecular formula is C16H24N5O2S2+. The summed E-state index contributed by atoms with van der Waals surface area (Å²) in [6.07, 6.45) is 0. The highest BCUT2D eigenvalue weighted by Crippen LogP contribution is 2.21. The number of sulfonamides is 1. The molecule has 1 aromatic carbocycles. The minimum Gasteiger partial charge on any atom is -0.357 e. The SMILES string of the molecule is C[NH+](C)CCNC(=S)N1CCN(S(=O)(=O)c2ccccc2C#N)CC1. The van der Waals surface area contributed by atoms with E-state index in [0.717, 1.165) is 13.1 Å². The number of hydrogen-bond donors (Lipinski definition) is 2. The number of thiocarbonyl (C=S) groups is 1.